The molecule has 0 saturated carbocycles. The minimum atomic E-state index is -0.413. The highest BCUT2D eigenvalue weighted by atomic mass is 16.2. The van der Waals surface area contributed by atoms with Crippen molar-refractivity contribution in [2.45, 2.75) is 66.0 Å². The summed E-state index contributed by atoms with van der Waals surface area (Å²) in [5.74, 6) is 0.133. The molecule has 4 nitrogen and oxygen atoms in total. The molecular weight excluding hydrogens is 324 g/mol. The number of nitrogens with zero attached hydrogens (tertiary/aromatic N) is 2. The molecule has 1 aliphatic heterocycles. The van der Waals surface area contributed by atoms with Crippen molar-refractivity contribution in [2.24, 2.45) is 5.41 Å². The lowest BCUT2D eigenvalue weighted by Gasteiger charge is -2.43. The third-order valence-electron chi connectivity index (χ3n) is 5.36. The number of ketones is 1. The minimum Gasteiger partial charge on any atom is -0.339 e. The van der Waals surface area contributed by atoms with Gasteiger partial charge in [-0.25, -0.2) is 0 Å². The molecule has 1 aliphatic rings. The Hall–Kier alpha value is -1.68. The van der Waals surface area contributed by atoms with Crippen LogP contribution < -0.4 is 0 Å². The summed E-state index contributed by atoms with van der Waals surface area (Å²) >= 11 is 0. The number of rotatable bonds is 3. The largest absolute Gasteiger partial charge is 0.339 e. The predicted octanol–water partition coefficient (Wildman–Crippen LogP) is 4.25. The first-order valence-electron chi connectivity index (χ1n) is 9.58. The van der Waals surface area contributed by atoms with Gasteiger partial charge >= 0.3 is 0 Å². The highest BCUT2D eigenvalue weighted by molar-refractivity contribution is 6.01. The van der Waals surface area contributed by atoms with Crippen LogP contribution in [0.1, 0.15) is 75.1 Å². The Morgan fingerprint density at radius 2 is 1.38 bits per heavy atom. The summed E-state index contributed by atoms with van der Waals surface area (Å²) in [6.45, 7) is 14.5. The summed E-state index contributed by atoms with van der Waals surface area (Å²) in [4.78, 5) is 29.5. The highest BCUT2D eigenvalue weighted by Gasteiger charge is 2.30. The van der Waals surface area contributed by atoms with Crippen molar-refractivity contribution in [3.63, 3.8) is 0 Å². The van der Waals surface area contributed by atoms with E-state index in [0.29, 0.717) is 11.1 Å². The van der Waals surface area contributed by atoms with Crippen LogP contribution in [0, 0.1) is 5.41 Å². The van der Waals surface area contributed by atoms with Gasteiger partial charge in [-0.1, -0.05) is 32.9 Å². The van der Waals surface area contributed by atoms with Crippen LogP contribution >= 0.6 is 0 Å². The van der Waals surface area contributed by atoms with E-state index in [2.05, 4.69) is 25.7 Å². The molecule has 0 bridgehead atoms. The van der Waals surface area contributed by atoms with Gasteiger partial charge in [0.05, 0.1) is 0 Å². The molecule has 0 atom stereocenters. The molecule has 0 spiro atoms. The molecular formula is C22H34N2O2. The van der Waals surface area contributed by atoms with Crippen molar-refractivity contribution >= 4 is 11.7 Å². The third-order valence-corrected chi connectivity index (χ3v) is 5.36. The van der Waals surface area contributed by atoms with Crippen molar-refractivity contribution in [2.75, 3.05) is 20.1 Å². The second-order valence-electron chi connectivity index (χ2n) is 9.46. The molecule has 2 rings (SSSR count). The average molecular weight is 359 g/mol. The molecule has 0 aliphatic carbocycles. The molecule has 1 heterocycles. The average Bonchev–Trinajstić information content (AvgIpc) is 2.58. The summed E-state index contributed by atoms with van der Waals surface area (Å²) in [5.41, 5.74) is 1.08. The fraction of sp³-hybridized carbons (Fsp3) is 0.636. The zero-order valence-corrected chi connectivity index (χ0v) is 17.4. The number of carbonyl (C=O) groups is 2. The topological polar surface area (TPSA) is 40.6 Å². The van der Waals surface area contributed by atoms with Gasteiger partial charge in [0.1, 0.15) is 0 Å². The Bertz CT molecular complexity index is 642. The molecule has 1 fully saturated rings. The molecule has 0 aromatic heterocycles. The van der Waals surface area contributed by atoms with Gasteiger partial charge in [-0.3, -0.25) is 14.5 Å². The van der Waals surface area contributed by atoms with Crippen molar-refractivity contribution in [1.29, 1.82) is 0 Å². The number of carbonyl (C=O) groups excluding carboxylic acids is 2. The number of likely N-dealkylation sites (tertiary alicyclic amines) is 1. The Morgan fingerprint density at radius 3 is 1.81 bits per heavy atom. The fourth-order valence-corrected chi connectivity index (χ4v) is 3.49. The number of hydrogen-bond acceptors (Lipinski definition) is 3. The number of Topliss-reactive ketones (excluding diaryl/α,β-unsaturated/α-hetero) is 1. The van der Waals surface area contributed by atoms with Crippen LogP contribution in [-0.4, -0.2) is 53.2 Å². The lowest BCUT2D eigenvalue weighted by molar-refractivity contribution is 0.0499. The normalized spacial score (nSPS) is 17.2. The third kappa shape index (κ3) is 4.73. The van der Waals surface area contributed by atoms with Gasteiger partial charge in [0.2, 0.25) is 0 Å². The monoisotopic (exact) mass is 358 g/mol. The SMILES string of the molecule is CN(C(=O)c1ccc(C(=O)C(C)(C)C)cc1)C1CCN(C(C)(C)C)CC1. The molecule has 4 heteroatoms. The van der Waals surface area contributed by atoms with Gasteiger partial charge in [0, 0.05) is 48.3 Å². The van der Waals surface area contributed by atoms with Gasteiger partial charge in [-0.05, 0) is 45.7 Å². The van der Waals surface area contributed by atoms with Gasteiger partial charge in [-0.2, -0.15) is 0 Å². The van der Waals surface area contributed by atoms with Gasteiger partial charge in [-0.15, -0.1) is 0 Å². The van der Waals surface area contributed by atoms with E-state index in [1.54, 1.807) is 24.3 Å². The highest BCUT2D eigenvalue weighted by Crippen LogP contribution is 2.24. The second-order valence-corrected chi connectivity index (χ2v) is 9.46. The predicted molar refractivity (Wildman–Crippen MR) is 107 cm³/mol. The first-order chi connectivity index (χ1) is 11.9. The number of hydrogen-bond donors (Lipinski definition) is 0. The van der Waals surface area contributed by atoms with Crippen LogP contribution in [0.4, 0.5) is 0 Å². The summed E-state index contributed by atoms with van der Waals surface area (Å²) in [5, 5.41) is 0. The minimum absolute atomic E-state index is 0.0361. The number of benzene rings is 1. The molecule has 0 N–H and O–H groups in total. The van der Waals surface area contributed by atoms with Crippen LogP contribution in [0.15, 0.2) is 24.3 Å². The van der Waals surface area contributed by atoms with E-state index in [1.165, 1.54) is 0 Å². The summed E-state index contributed by atoms with van der Waals surface area (Å²) in [7, 11) is 1.90. The van der Waals surface area contributed by atoms with E-state index in [-0.39, 0.29) is 23.3 Å². The summed E-state index contributed by atoms with van der Waals surface area (Å²) < 4.78 is 0. The van der Waals surface area contributed by atoms with Gasteiger partial charge in [0.25, 0.3) is 5.91 Å². The number of piperidine rings is 1. The Morgan fingerprint density at radius 1 is 0.923 bits per heavy atom. The lowest BCUT2D eigenvalue weighted by Crippen LogP contribution is -2.51. The molecule has 1 saturated heterocycles. The van der Waals surface area contributed by atoms with Crippen molar-refractivity contribution in [1.82, 2.24) is 9.80 Å². The van der Waals surface area contributed by atoms with Crippen LogP contribution in [0.25, 0.3) is 0 Å². The van der Waals surface area contributed by atoms with Crippen LogP contribution in [0.3, 0.4) is 0 Å². The fourth-order valence-electron chi connectivity index (χ4n) is 3.49. The van der Waals surface area contributed by atoms with Crippen LogP contribution in [-0.2, 0) is 0 Å². The summed E-state index contributed by atoms with van der Waals surface area (Å²) in [6.07, 6.45) is 2.00. The maximum atomic E-state index is 12.8. The van der Waals surface area contributed by atoms with Crippen molar-refractivity contribution in [3.8, 4) is 0 Å². The molecule has 0 unspecified atom stereocenters. The van der Waals surface area contributed by atoms with E-state index < -0.39 is 5.41 Å². The van der Waals surface area contributed by atoms with E-state index in [1.807, 2.05) is 32.7 Å². The second kappa shape index (κ2) is 7.51. The zero-order chi connectivity index (χ0) is 19.7. The van der Waals surface area contributed by atoms with E-state index in [9.17, 15) is 9.59 Å². The Labute approximate surface area is 158 Å². The molecule has 1 aromatic carbocycles. The maximum absolute atomic E-state index is 12.8. The lowest BCUT2D eigenvalue weighted by atomic mass is 9.86. The van der Waals surface area contributed by atoms with Crippen molar-refractivity contribution in [3.05, 3.63) is 35.4 Å². The molecule has 0 radical (unpaired) electrons. The van der Waals surface area contributed by atoms with Crippen molar-refractivity contribution < 1.29 is 9.59 Å². The molecule has 1 amide bonds. The van der Waals surface area contributed by atoms with E-state index >= 15 is 0 Å². The summed E-state index contributed by atoms with van der Waals surface area (Å²) in [6, 6.07) is 7.38. The van der Waals surface area contributed by atoms with Crippen LogP contribution in [0.2, 0.25) is 0 Å². The molecule has 1 aromatic rings. The molecule has 144 valence electrons. The Balaban J connectivity index is 2.02. The smallest absolute Gasteiger partial charge is 0.253 e. The zero-order valence-electron chi connectivity index (χ0n) is 17.4. The first-order valence-corrected chi connectivity index (χ1v) is 9.58. The Kier molecular flexibility index (Phi) is 5.96. The van der Waals surface area contributed by atoms with Gasteiger partial charge < -0.3 is 4.90 Å². The number of amides is 1. The van der Waals surface area contributed by atoms with E-state index in [4.69, 9.17) is 0 Å². The maximum Gasteiger partial charge on any atom is 0.253 e. The van der Waals surface area contributed by atoms with E-state index in [0.717, 1.165) is 25.9 Å². The van der Waals surface area contributed by atoms with Crippen LogP contribution in [0.5, 0.6) is 0 Å². The quantitative estimate of drug-likeness (QED) is 0.759. The molecule has 26 heavy (non-hydrogen) atoms. The van der Waals surface area contributed by atoms with Gasteiger partial charge in [0.15, 0.2) is 5.78 Å². The standard InChI is InChI=1S/C22H34N2O2/c1-21(2,3)19(25)16-8-10-17(11-9-16)20(26)23(7)18-12-14-24(15-13-18)22(4,5)6/h8-11,18H,12-15H2,1-7H3. The first kappa shape index (κ1) is 20.6.